The van der Waals surface area contributed by atoms with E-state index in [1.54, 1.807) is 0 Å². The van der Waals surface area contributed by atoms with Crippen LogP contribution in [0.15, 0.2) is 12.1 Å². The lowest BCUT2D eigenvalue weighted by molar-refractivity contribution is 0.111. The molecule has 1 aliphatic rings. The van der Waals surface area contributed by atoms with E-state index in [-0.39, 0.29) is 10.9 Å². The van der Waals surface area contributed by atoms with E-state index in [1.807, 2.05) is 0 Å². The third kappa shape index (κ3) is 2.20. The van der Waals surface area contributed by atoms with Gasteiger partial charge in [0.25, 0.3) is 0 Å². The highest BCUT2D eigenvalue weighted by Crippen LogP contribution is 2.38. The van der Waals surface area contributed by atoms with Gasteiger partial charge in [0.05, 0.1) is 6.10 Å². The Kier molecular flexibility index (Phi) is 3.45. The molecule has 0 bridgehead atoms. The number of aliphatic hydroxyl groups is 1. The molecule has 1 aliphatic carbocycles. The van der Waals surface area contributed by atoms with Gasteiger partial charge in [0.15, 0.2) is 11.6 Å². The highest BCUT2D eigenvalue weighted by Gasteiger charge is 2.26. The van der Waals surface area contributed by atoms with E-state index in [0.29, 0.717) is 5.56 Å². The molecule has 1 N–H and O–H groups in total. The second-order valence-corrected chi connectivity index (χ2v) is 4.68. The summed E-state index contributed by atoms with van der Waals surface area (Å²) in [5.41, 5.74) is 0.299. The van der Waals surface area contributed by atoms with Crippen LogP contribution in [0.3, 0.4) is 0 Å². The van der Waals surface area contributed by atoms with Gasteiger partial charge < -0.3 is 5.11 Å². The monoisotopic (exact) mass is 246 g/mol. The summed E-state index contributed by atoms with van der Waals surface area (Å²) in [5.74, 6) is -1.83. The van der Waals surface area contributed by atoms with Crippen LogP contribution in [-0.4, -0.2) is 5.11 Å². The van der Waals surface area contributed by atoms with Crippen molar-refractivity contribution in [3.8, 4) is 0 Å². The molecule has 1 fully saturated rings. The molecule has 1 nitrogen and oxygen atoms in total. The normalized spacial score (nSPS) is 19.0. The fourth-order valence-electron chi connectivity index (χ4n) is 2.29. The summed E-state index contributed by atoms with van der Waals surface area (Å²) >= 11 is 5.81. The second kappa shape index (κ2) is 4.68. The lowest BCUT2D eigenvalue weighted by Gasteiger charge is -2.19. The van der Waals surface area contributed by atoms with Crippen LogP contribution in [0.4, 0.5) is 8.78 Å². The molecular formula is C12H13ClF2O. The minimum Gasteiger partial charge on any atom is -0.388 e. The number of aliphatic hydroxyl groups excluding tert-OH is 1. The predicted molar refractivity (Wildman–Crippen MR) is 58.3 cm³/mol. The first-order valence-corrected chi connectivity index (χ1v) is 5.80. The predicted octanol–water partition coefficient (Wildman–Crippen LogP) is 3.84. The van der Waals surface area contributed by atoms with Crippen LogP contribution in [0.25, 0.3) is 0 Å². The van der Waals surface area contributed by atoms with Crippen LogP contribution < -0.4 is 0 Å². The van der Waals surface area contributed by atoms with Gasteiger partial charge in [-0.3, -0.25) is 0 Å². The quantitative estimate of drug-likeness (QED) is 0.786. The maximum Gasteiger partial charge on any atom is 0.160 e. The molecule has 0 aromatic heterocycles. The third-order valence-corrected chi connectivity index (χ3v) is 3.53. The lowest BCUT2D eigenvalue weighted by atomic mass is 9.94. The maximum atomic E-state index is 13.1. The van der Waals surface area contributed by atoms with Crippen LogP contribution in [0.1, 0.15) is 37.4 Å². The first-order valence-electron chi connectivity index (χ1n) is 5.42. The Morgan fingerprint density at radius 1 is 1.19 bits per heavy atom. The molecule has 0 radical (unpaired) electrons. The van der Waals surface area contributed by atoms with Crippen molar-refractivity contribution >= 4 is 11.6 Å². The summed E-state index contributed by atoms with van der Waals surface area (Å²) < 4.78 is 25.9. The average Bonchev–Trinajstić information content (AvgIpc) is 2.75. The summed E-state index contributed by atoms with van der Waals surface area (Å²) in [7, 11) is 0. The van der Waals surface area contributed by atoms with Crippen molar-refractivity contribution in [2.45, 2.75) is 31.8 Å². The van der Waals surface area contributed by atoms with E-state index < -0.39 is 17.7 Å². The highest BCUT2D eigenvalue weighted by molar-refractivity contribution is 6.31. The number of benzene rings is 1. The zero-order valence-electron chi connectivity index (χ0n) is 8.72. The Morgan fingerprint density at radius 3 is 2.38 bits per heavy atom. The summed E-state index contributed by atoms with van der Waals surface area (Å²) in [6.07, 6.45) is 3.18. The average molecular weight is 247 g/mol. The van der Waals surface area contributed by atoms with E-state index in [1.165, 1.54) is 0 Å². The largest absolute Gasteiger partial charge is 0.388 e. The van der Waals surface area contributed by atoms with Crippen LogP contribution >= 0.6 is 11.6 Å². The number of hydrogen-bond acceptors (Lipinski definition) is 1. The molecule has 0 amide bonds. The first-order chi connectivity index (χ1) is 7.59. The summed E-state index contributed by atoms with van der Waals surface area (Å²) in [4.78, 5) is 0. The minimum atomic E-state index is -0.979. The molecule has 0 saturated heterocycles. The molecule has 4 heteroatoms. The zero-order chi connectivity index (χ0) is 11.7. The van der Waals surface area contributed by atoms with Crippen LogP contribution in [-0.2, 0) is 0 Å². The van der Waals surface area contributed by atoms with Crippen molar-refractivity contribution in [1.29, 1.82) is 0 Å². The molecular weight excluding hydrogens is 234 g/mol. The Hall–Kier alpha value is -0.670. The van der Waals surface area contributed by atoms with E-state index in [9.17, 15) is 13.9 Å². The SMILES string of the molecule is OC(c1cc(F)c(F)cc1Cl)C1CCCC1. The third-order valence-electron chi connectivity index (χ3n) is 3.20. The Morgan fingerprint density at radius 2 is 1.75 bits per heavy atom. The summed E-state index contributed by atoms with van der Waals surface area (Å²) in [5, 5.41) is 10.1. The molecule has 16 heavy (non-hydrogen) atoms. The van der Waals surface area contributed by atoms with E-state index in [0.717, 1.165) is 37.8 Å². The van der Waals surface area contributed by atoms with Crippen molar-refractivity contribution < 1.29 is 13.9 Å². The lowest BCUT2D eigenvalue weighted by Crippen LogP contribution is -2.10. The van der Waals surface area contributed by atoms with Gasteiger partial charge in [0.1, 0.15) is 0 Å². The standard InChI is InChI=1S/C12H13ClF2O/c13-9-6-11(15)10(14)5-8(9)12(16)7-3-1-2-4-7/h5-7,12,16H,1-4H2. The zero-order valence-corrected chi connectivity index (χ0v) is 9.47. The van der Waals surface area contributed by atoms with Gasteiger partial charge in [-0.05, 0) is 30.9 Å². The van der Waals surface area contributed by atoms with Crippen molar-refractivity contribution in [3.63, 3.8) is 0 Å². The van der Waals surface area contributed by atoms with Gasteiger partial charge >= 0.3 is 0 Å². The maximum absolute atomic E-state index is 13.1. The molecule has 1 aromatic carbocycles. The Bertz CT molecular complexity index is 389. The van der Waals surface area contributed by atoms with Crippen molar-refractivity contribution in [3.05, 3.63) is 34.4 Å². The topological polar surface area (TPSA) is 20.2 Å². The van der Waals surface area contributed by atoms with Gasteiger partial charge in [-0.15, -0.1) is 0 Å². The highest BCUT2D eigenvalue weighted by atomic mass is 35.5. The number of hydrogen-bond donors (Lipinski definition) is 1. The molecule has 1 unspecified atom stereocenters. The second-order valence-electron chi connectivity index (χ2n) is 4.28. The van der Waals surface area contributed by atoms with Gasteiger partial charge in [-0.2, -0.15) is 0 Å². The minimum absolute atomic E-state index is 0.0956. The van der Waals surface area contributed by atoms with Gasteiger partial charge in [-0.1, -0.05) is 24.4 Å². The van der Waals surface area contributed by atoms with Gasteiger partial charge in [-0.25, -0.2) is 8.78 Å². The van der Waals surface area contributed by atoms with Crippen LogP contribution in [0.2, 0.25) is 5.02 Å². The first kappa shape index (κ1) is 11.8. The van der Waals surface area contributed by atoms with E-state index in [4.69, 9.17) is 11.6 Å². The van der Waals surface area contributed by atoms with Crippen molar-refractivity contribution in [2.24, 2.45) is 5.92 Å². The Labute approximate surface area is 98.0 Å². The van der Waals surface area contributed by atoms with Crippen LogP contribution in [0, 0.1) is 17.6 Å². The van der Waals surface area contributed by atoms with E-state index in [2.05, 4.69) is 0 Å². The van der Waals surface area contributed by atoms with Crippen molar-refractivity contribution in [1.82, 2.24) is 0 Å². The molecule has 1 aromatic rings. The molecule has 0 heterocycles. The molecule has 1 saturated carbocycles. The van der Waals surface area contributed by atoms with E-state index >= 15 is 0 Å². The molecule has 0 aliphatic heterocycles. The fraction of sp³-hybridized carbons (Fsp3) is 0.500. The number of rotatable bonds is 2. The summed E-state index contributed by atoms with van der Waals surface area (Å²) in [6.45, 7) is 0. The van der Waals surface area contributed by atoms with Gasteiger partial charge in [0, 0.05) is 10.6 Å². The molecule has 2 rings (SSSR count). The van der Waals surface area contributed by atoms with Crippen LogP contribution in [0.5, 0.6) is 0 Å². The summed E-state index contributed by atoms with van der Waals surface area (Å²) in [6, 6.07) is 1.92. The molecule has 88 valence electrons. The Balaban J connectivity index is 2.28. The van der Waals surface area contributed by atoms with Crippen molar-refractivity contribution in [2.75, 3.05) is 0 Å². The molecule has 0 spiro atoms. The fourth-order valence-corrected chi connectivity index (χ4v) is 2.55. The smallest absolute Gasteiger partial charge is 0.160 e. The molecule has 1 atom stereocenters. The number of halogens is 3. The van der Waals surface area contributed by atoms with Gasteiger partial charge in [0.2, 0.25) is 0 Å².